The maximum Gasteiger partial charge on any atom is 0.475 e. The number of rotatable bonds is 18. The molecular formula is C28H45N5O25P2. The molecule has 0 aromatic carbocycles. The highest BCUT2D eigenvalue weighted by atomic mass is 31.2. The van der Waals surface area contributed by atoms with Gasteiger partial charge in [0.05, 0.1) is 31.5 Å². The minimum Gasteiger partial charge on any atom is -0.477 e. The summed E-state index contributed by atoms with van der Waals surface area (Å²) in [4.78, 5) is 81.1. The number of hydrogen-bond donors (Lipinski definition) is 15. The van der Waals surface area contributed by atoms with E-state index < -0.39 is 163 Å². The number of aromatic nitrogens is 2. The number of aliphatic hydroxyl groups excluding tert-OH is 8. The van der Waals surface area contributed by atoms with Crippen LogP contribution in [0.4, 0.5) is 5.82 Å². The van der Waals surface area contributed by atoms with Gasteiger partial charge in [-0.3, -0.25) is 23.2 Å². The van der Waals surface area contributed by atoms with Crippen LogP contribution in [0.1, 0.15) is 19.6 Å². The highest BCUT2D eigenvalue weighted by Gasteiger charge is 2.59. The maximum absolute atomic E-state index is 13.1. The predicted octanol–water partition coefficient (Wildman–Crippen LogP) is -8.21. The van der Waals surface area contributed by atoms with Crippen LogP contribution < -0.4 is 22.1 Å². The van der Waals surface area contributed by atoms with Crippen LogP contribution in [-0.4, -0.2) is 200 Å². The van der Waals surface area contributed by atoms with E-state index in [4.69, 9.17) is 43.5 Å². The first-order chi connectivity index (χ1) is 27.8. The fraction of sp³-hybridized carbons (Fsp3) is 0.750. The Labute approximate surface area is 335 Å². The average molecular weight is 914 g/mol. The zero-order valence-corrected chi connectivity index (χ0v) is 32.6. The number of phosphoric acid groups is 2. The number of carboxylic acid groups (broad SMARTS) is 1. The molecule has 342 valence electrons. The van der Waals surface area contributed by atoms with E-state index in [2.05, 4.69) is 20.1 Å². The number of hydrogen-bond acceptors (Lipinski definition) is 23. The van der Waals surface area contributed by atoms with E-state index in [-0.39, 0.29) is 5.82 Å². The molecule has 0 bridgehead atoms. The van der Waals surface area contributed by atoms with Gasteiger partial charge in [0.1, 0.15) is 67.4 Å². The summed E-state index contributed by atoms with van der Waals surface area (Å²) in [6.07, 6.45) is -25.5. The number of nitrogens with zero attached hydrogens (tertiary/aromatic N) is 2. The first-order valence-electron chi connectivity index (χ1n) is 17.3. The Morgan fingerprint density at radius 1 is 0.983 bits per heavy atom. The number of nitrogens with two attached hydrogens (primary N) is 1. The minimum absolute atomic E-state index is 0.182. The molecule has 3 saturated heterocycles. The van der Waals surface area contributed by atoms with Crippen molar-refractivity contribution in [2.45, 2.75) is 105 Å². The molecule has 4 heterocycles. The van der Waals surface area contributed by atoms with Gasteiger partial charge in [-0.1, -0.05) is 0 Å². The smallest absolute Gasteiger partial charge is 0.475 e. The molecule has 0 saturated carbocycles. The summed E-state index contributed by atoms with van der Waals surface area (Å²) in [7, 11) is -10.8. The van der Waals surface area contributed by atoms with Crippen LogP contribution in [0.3, 0.4) is 0 Å². The van der Waals surface area contributed by atoms with E-state index in [0.717, 1.165) is 23.8 Å². The maximum atomic E-state index is 13.1. The molecule has 0 aliphatic carbocycles. The number of nitrogen functional groups attached to an aromatic ring is 1. The Balaban J connectivity index is 1.41. The zero-order valence-electron chi connectivity index (χ0n) is 30.8. The Morgan fingerprint density at radius 3 is 2.20 bits per heavy atom. The number of carbonyl (C=O) groups excluding carboxylic acids is 2. The molecule has 1 aromatic rings. The summed E-state index contributed by atoms with van der Waals surface area (Å²) >= 11 is 0. The molecule has 30 nitrogen and oxygen atoms in total. The molecule has 3 aliphatic rings. The molecular weight excluding hydrogens is 868 g/mol. The van der Waals surface area contributed by atoms with E-state index in [1.807, 2.05) is 0 Å². The van der Waals surface area contributed by atoms with Gasteiger partial charge in [0.25, 0.3) is 5.79 Å². The molecule has 60 heavy (non-hydrogen) atoms. The second-order valence-electron chi connectivity index (χ2n) is 13.6. The predicted molar refractivity (Wildman–Crippen MR) is 185 cm³/mol. The van der Waals surface area contributed by atoms with E-state index >= 15 is 0 Å². The summed E-state index contributed by atoms with van der Waals surface area (Å²) in [5.41, 5.74) is 4.44. The number of phosphoric ester groups is 2. The van der Waals surface area contributed by atoms with E-state index in [9.17, 15) is 79.2 Å². The van der Waals surface area contributed by atoms with Crippen molar-refractivity contribution in [1.29, 1.82) is 0 Å². The molecule has 32 heteroatoms. The Bertz CT molecular complexity index is 1840. The Hall–Kier alpha value is -3.17. The van der Waals surface area contributed by atoms with Crippen molar-refractivity contribution in [3.63, 3.8) is 0 Å². The van der Waals surface area contributed by atoms with Gasteiger partial charge in [-0.05, 0) is 6.07 Å². The molecule has 0 spiro atoms. The number of aliphatic hydroxyl groups is 8. The molecule has 16 N–H and O–H groups in total. The van der Waals surface area contributed by atoms with E-state index in [1.54, 1.807) is 0 Å². The van der Waals surface area contributed by atoms with Gasteiger partial charge in [-0.25, -0.2) is 23.2 Å². The average Bonchev–Trinajstić information content (AvgIpc) is 3.43. The van der Waals surface area contributed by atoms with Gasteiger partial charge in [0.2, 0.25) is 11.8 Å². The number of ether oxygens (including phenoxy) is 4. The fourth-order valence-electron chi connectivity index (χ4n) is 6.12. The number of amides is 2. The van der Waals surface area contributed by atoms with E-state index in [1.165, 1.54) is 0 Å². The fourth-order valence-corrected chi connectivity index (χ4v) is 7.42. The summed E-state index contributed by atoms with van der Waals surface area (Å²) in [5.74, 6) is -7.79. The van der Waals surface area contributed by atoms with Crippen molar-refractivity contribution in [2.24, 2.45) is 0 Å². The molecule has 4 rings (SSSR count). The number of anilines is 1. The lowest BCUT2D eigenvalue weighted by Crippen LogP contribution is -2.68. The van der Waals surface area contributed by atoms with Crippen LogP contribution >= 0.6 is 15.6 Å². The lowest BCUT2D eigenvalue weighted by atomic mass is 9.88. The van der Waals surface area contributed by atoms with Crippen LogP contribution in [0.5, 0.6) is 0 Å². The van der Waals surface area contributed by atoms with Crippen LogP contribution in [0.15, 0.2) is 17.1 Å². The summed E-state index contributed by atoms with van der Waals surface area (Å²) in [6.45, 7) is -3.12. The van der Waals surface area contributed by atoms with Crippen molar-refractivity contribution >= 4 is 39.2 Å². The first-order valence-corrected chi connectivity index (χ1v) is 20.3. The Kier molecular flexibility index (Phi) is 16.4. The molecule has 11 unspecified atom stereocenters. The second kappa shape index (κ2) is 19.9. The highest BCUT2D eigenvalue weighted by Crippen LogP contribution is 2.51. The number of aliphatic carboxylic acids is 1. The third-order valence-electron chi connectivity index (χ3n) is 9.09. The Morgan fingerprint density at radius 2 is 1.60 bits per heavy atom. The van der Waals surface area contributed by atoms with Crippen LogP contribution in [0.25, 0.3) is 0 Å². The molecule has 1 aromatic heterocycles. The van der Waals surface area contributed by atoms with Crippen molar-refractivity contribution in [3.8, 4) is 0 Å². The molecule has 0 radical (unpaired) electrons. The molecule has 3 aliphatic heterocycles. The van der Waals surface area contributed by atoms with Crippen molar-refractivity contribution in [3.05, 3.63) is 22.7 Å². The van der Waals surface area contributed by atoms with Crippen LogP contribution in [-0.2, 0) is 56.0 Å². The number of carbonyl (C=O) groups is 3. The SMILES string of the molecule is CC(=O)NC1C(O)CC(OP(=O)(O)OCC2OC(n3ccc(N)nc3=O)C(O)C2O)(C(=O)O)OC1[C@H](O)[C@H](O)CNC(=O)COC1OC(COP(=O)(O)O)[C@@H](O)[C@H](O)[C@H]1O. The van der Waals surface area contributed by atoms with E-state index in [0.29, 0.717) is 0 Å². The van der Waals surface area contributed by atoms with Crippen molar-refractivity contribution in [2.75, 3.05) is 32.1 Å². The monoisotopic (exact) mass is 913 g/mol. The van der Waals surface area contributed by atoms with Crippen LogP contribution in [0.2, 0.25) is 0 Å². The quantitative estimate of drug-likeness (QED) is 0.0608. The van der Waals surface area contributed by atoms with Crippen LogP contribution in [0, 0.1) is 0 Å². The first kappa shape index (κ1) is 49.5. The third-order valence-corrected chi connectivity index (χ3v) is 10.6. The lowest BCUT2D eigenvalue weighted by Gasteiger charge is -2.46. The normalized spacial score (nSPS) is 35.5. The second-order valence-corrected chi connectivity index (χ2v) is 16.2. The van der Waals surface area contributed by atoms with Gasteiger partial charge >= 0.3 is 27.3 Å². The third kappa shape index (κ3) is 12.3. The molecule has 3 fully saturated rings. The standard InChI is InChI=1S/C28H45N5O25P2/c1-9(34)31-16-10(35)4-28(26(44)45,58-60(50,51)54-7-12-19(40)21(42)24(55-12)33-3-2-14(29)32-27(33)46)57-23(16)17(38)11(36)5-30-15(37)8-52-25-22(43)20(41)18(39)13(56-25)6-53-59(47,48)49/h2-3,10-13,16-25,35-36,38-43H,4-8H2,1H3,(H,30,37)(H,31,34)(H,44,45)(H,50,51)(H2,29,32,46)(H2,47,48,49)/t10?,11-,12?,13?,16?,17-,18-,19?,20+,21?,22-,23?,24?,25?,28?/m1/s1. The van der Waals surface area contributed by atoms with Gasteiger partial charge in [-0.2, -0.15) is 4.98 Å². The van der Waals surface area contributed by atoms with Gasteiger partial charge in [0, 0.05) is 26.1 Å². The number of carboxylic acids is 1. The largest absolute Gasteiger partial charge is 0.477 e. The van der Waals surface area contributed by atoms with Gasteiger partial charge < -0.3 is 96.0 Å². The zero-order chi connectivity index (χ0) is 45.1. The number of nitrogens with one attached hydrogen (secondary N) is 2. The highest BCUT2D eigenvalue weighted by molar-refractivity contribution is 7.47. The van der Waals surface area contributed by atoms with Gasteiger partial charge in [-0.15, -0.1) is 0 Å². The summed E-state index contributed by atoms with van der Waals surface area (Å²) in [5, 5.41) is 98.3. The molecule has 2 amide bonds. The van der Waals surface area contributed by atoms with Gasteiger partial charge in [0.15, 0.2) is 12.5 Å². The lowest BCUT2D eigenvalue weighted by molar-refractivity contribution is -0.298. The van der Waals surface area contributed by atoms with Crippen molar-refractivity contribution in [1.82, 2.24) is 20.2 Å². The minimum atomic E-state index is -5.70. The summed E-state index contributed by atoms with van der Waals surface area (Å²) < 4.78 is 59.7. The molecule has 16 atom stereocenters. The van der Waals surface area contributed by atoms with Crippen molar-refractivity contribution < 1.29 is 117 Å². The topological polar surface area (TPSA) is 478 Å². The summed E-state index contributed by atoms with van der Waals surface area (Å²) in [6, 6.07) is -0.598.